The highest BCUT2D eigenvalue weighted by molar-refractivity contribution is 5.84. The van der Waals surface area contributed by atoms with Gasteiger partial charge in [-0.15, -0.1) is 0 Å². The second-order valence-corrected chi connectivity index (χ2v) is 6.28. The largest absolute Gasteiger partial charge is 0.381 e. The zero-order valence-corrected chi connectivity index (χ0v) is 13.2. The highest BCUT2D eigenvalue weighted by Gasteiger charge is 2.29. The number of amides is 1. The maximum Gasteiger partial charge on any atom is 0.237 e. The highest BCUT2D eigenvalue weighted by Crippen LogP contribution is 2.29. The number of hydrogen-bond acceptors (Lipinski definition) is 3. The Labute approximate surface area is 123 Å². The van der Waals surface area contributed by atoms with Crippen molar-refractivity contribution in [1.29, 1.82) is 0 Å². The molecular weight excluding hydrogens is 252 g/mol. The molecule has 0 bridgehead atoms. The van der Waals surface area contributed by atoms with Crippen molar-refractivity contribution in [2.24, 2.45) is 11.7 Å². The Bertz CT molecular complexity index is 280. The van der Waals surface area contributed by atoms with Crippen LogP contribution in [0.4, 0.5) is 0 Å². The molecule has 0 aromatic carbocycles. The van der Waals surface area contributed by atoms with Crippen molar-refractivity contribution in [3.8, 4) is 0 Å². The molecule has 1 rings (SSSR count). The van der Waals surface area contributed by atoms with Crippen LogP contribution in [0.1, 0.15) is 65.2 Å². The van der Waals surface area contributed by atoms with Crippen LogP contribution in [0.3, 0.4) is 0 Å². The Morgan fingerprint density at radius 2 is 2.10 bits per heavy atom. The van der Waals surface area contributed by atoms with E-state index >= 15 is 0 Å². The van der Waals surface area contributed by atoms with Gasteiger partial charge < -0.3 is 15.8 Å². The van der Waals surface area contributed by atoms with E-state index in [4.69, 9.17) is 10.5 Å². The van der Waals surface area contributed by atoms with Gasteiger partial charge >= 0.3 is 0 Å². The van der Waals surface area contributed by atoms with E-state index in [0.29, 0.717) is 0 Å². The van der Waals surface area contributed by atoms with Crippen LogP contribution >= 0.6 is 0 Å². The molecule has 1 amide bonds. The van der Waals surface area contributed by atoms with Gasteiger partial charge in [0.25, 0.3) is 0 Å². The Hall–Kier alpha value is -0.610. The number of unbranched alkanes of at least 4 members (excludes halogenated alkanes) is 1. The van der Waals surface area contributed by atoms with Crippen LogP contribution in [0, 0.1) is 5.92 Å². The molecule has 0 aromatic rings. The molecule has 118 valence electrons. The van der Waals surface area contributed by atoms with E-state index in [1.807, 2.05) is 6.92 Å². The van der Waals surface area contributed by atoms with Gasteiger partial charge in [0, 0.05) is 13.2 Å². The van der Waals surface area contributed by atoms with E-state index in [-0.39, 0.29) is 5.91 Å². The standard InChI is InChI=1S/C16H32N2O2/c1-3-11-18-16(2,15(17)19)10-4-5-12-20-13-9-14-7-6-8-14/h14,18H,3-13H2,1-2H3,(H2,17,19). The Balaban J connectivity index is 2.03. The topological polar surface area (TPSA) is 64.3 Å². The molecule has 1 atom stereocenters. The minimum absolute atomic E-state index is 0.253. The van der Waals surface area contributed by atoms with Crippen molar-refractivity contribution >= 4 is 5.91 Å². The molecule has 1 saturated carbocycles. The summed E-state index contributed by atoms with van der Waals surface area (Å²) >= 11 is 0. The molecule has 1 aliphatic carbocycles. The first-order chi connectivity index (χ1) is 9.58. The maximum absolute atomic E-state index is 11.5. The Kier molecular flexibility index (Phi) is 8.15. The lowest BCUT2D eigenvalue weighted by Crippen LogP contribution is -2.53. The fourth-order valence-electron chi connectivity index (χ4n) is 2.52. The van der Waals surface area contributed by atoms with Crippen LogP contribution in [0.25, 0.3) is 0 Å². The molecule has 0 aliphatic heterocycles. The molecule has 4 heteroatoms. The maximum atomic E-state index is 11.5. The zero-order valence-electron chi connectivity index (χ0n) is 13.2. The van der Waals surface area contributed by atoms with Crippen LogP contribution in [-0.4, -0.2) is 31.2 Å². The number of nitrogens with one attached hydrogen (secondary N) is 1. The van der Waals surface area contributed by atoms with E-state index in [9.17, 15) is 4.79 Å². The van der Waals surface area contributed by atoms with E-state index in [2.05, 4.69) is 12.2 Å². The van der Waals surface area contributed by atoms with Crippen LogP contribution in [0.2, 0.25) is 0 Å². The lowest BCUT2D eigenvalue weighted by Gasteiger charge is -2.27. The van der Waals surface area contributed by atoms with Gasteiger partial charge in [0.05, 0.1) is 5.54 Å². The van der Waals surface area contributed by atoms with Gasteiger partial charge in [0.15, 0.2) is 0 Å². The summed E-state index contributed by atoms with van der Waals surface area (Å²) in [6.45, 7) is 6.52. The predicted molar refractivity (Wildman–Crippen MR) is 82.5 cm³/mol. The minimum Gasteiger partial charge on any atom is -0.381 e. The number of ether oxygens (including phenoxy) is 1. The van der Waals surface area contributed by atoms with Crippen LogP contribution in [0.5, 0.6) is 0 Å². The van der Waals surface area contributed by atoms with Crippen molar-refractivity contribution in [3.63, 3.8) is 0 Å². The molecule has 1 unspecified atom stereocenters. The van der Waals surface area contributed by atoms with Gasteiger partial charge in [0.2, 0.25) is 5.91 Å². The number of hydrogen-bond donors (Lipinski definition) is 2. The van der Waals surface area contributed by atoms with E-state index in [1.54, 1.807) is 0 Å². The third kappa shape index (κ3) is 6.23. The van der Waals surface area contributed by atoms with Gasteiger partial charge in [-0.1, -0.05) is 26.2 Å². The Morgan fingerprint density at radius 3 is 2.65 bits per heavy atom. The number of rotatable bonds is 12. The average molecular weight is 284 g/mol. The molecule has 3 N–H and O–H groups in total. The van der Waals surface area contributed by atoms with Crippen LogP contribution in [-0.2, 0) is 9.53 Å². The first-order valence-corrected chi connectivity index (χ1v) is 8.21. The number of nitrogens with two attached hydrogens (primary N) is 1. The zero-order chi connectivity index (χ0) is 14.8. The SMILES string of the molecule is CCCNC(C)(CCCCOCCC1CCC1)C(N)=O. The summed E-state index contributed by atoms with van der Waals surface area (Å²) in [5, 5.41) is 3.26. The molecular formula is C16H32N2O2. The first kappa shape index (κ1) is 17.4. The lowest BCUT2D eigenvalue weighted by molar-refractivity contribution is -0.124. The number of carbonyl (C=O) groups is 1. The monoisotopic (exact) mass is 284 g/mol. The van der Waals surface area contributed by atoms with Crippen LogP contribution < -0.4 is 11.1 Å². The molecule has 1 fully saturated rings. The van der Waals surface area contributed by atoms with Crippen molar-refractivity contribution in [2.45, 2.75) is 70.8 Å². The van der Waals surface area contributed by atoms with E-state index < -0.39 is 5.54 Å². The minimum atomic E-state index is -0.568. The second-order valence-electron chi connectivity index (χ2n) is 6.28. The van der Waals surface area contributed by atoms with Gasteiger partial charge in [-0.05, 0) is 51.5 Å². The summed E-state index contributed by atoms with van der Waals surface area (Å²) < 4.78 is 5.66. The molecule has 0 spiro atoms. The summed E-state index contributed by atoms with van der Waals surface area (Å²) in [7, 11) is 0. The van der Waals surface area contributed by atoms with Crippen LogP contribution in [0.15, 0.2) is 0 Å². The summed E-state index contributed by atoms with van der Waals surface area (Å²) in [6, 6.07) is 0. The van der Waals surface area contributed by atoms with Crippen molar-refractivity contribution in [3.05, 3.63) is 0 Å². The average Bonchev–Trinajstić information content (AvgIpc) is 2.37. The molecule has 0 heterocycles. The summed E-state index contributed by atoms with van der Waals surface area (Å²) in [5.41, 5.74) is 4.93. The molecule has 20 heavy (non-hydrogen) atoms. The summed E-state index contributed by atoms with van der Waals surface area (Å²) in [4.78, 5) is 11.5. The predicted octanol–water partition coefficient (Wildman–Crippen LogP) is 2.61. The number of carbonyl (C=O) groups excluding carboxylic acids is 1. The highest BCUT2D eigenvalue weighted by atomic mass is 16.5. The lowest BCUT2D eigenvalue weighted by atomic mass is 9.83. The smallest absolute Gasteiger partial charge is 0.237 e. The molecule has 0 aromatic heterocycles. The van der Waals surface area contributed by atoms with Crippen molar-refractivity contribution in [1.82, 2.24) is 5.32 Å². The first-order valence-electron chi connectivity index (χ1n) is 8.21. The fraction of sp³-hybridized carbons (Fsp3) is 0.938. The van der Waals surface area contributed by atoms with Crippen molar-refractivity contribution < 1.29 is 9.53 Å². The molecule has 0 saturated heterocycles. The quantitative estimate of drug-likeness (QED) is 0.541. The fourth-order valence-corrected chi connectivity index (χ4v) is 2.52. The Morgan fingerprint density at radius 1 is 1.35 bits per heavy atom. The third-order valence-corrected chi connectivity index (χ3v) is 4.42. The second kappa shape index (κ2) is 9.35. The molecule has 1 aliphatic rings. The molecule has 0 radical (unpaired) electrons. The van der Waals surface area contributed by atoms with Gasteiger partial charge in [0.1, 0.15) is 0 Å². The summed E-state index contributed by atoms with van der Waals surface area (Å²) in [6.07, 6.45) is 9.17. The van der Waals surface area contributed by atoms with Crippen molar-refractivity contribution in [2.75, 3.05) is 19.8 Å². The summed E-state index contributed by atoms with van der Waals surface area (Å²) in [5.74, 6) is 0.670. The van der Waals surface area contributed by atoms with E-state index in [0.717, 1.165) is 51.4 Å². The van der Waals surface area contributed by atoms with Gasteiger partial charge in [-0.25, -0.2) is 0 Å². The molecule has 4 nitrogen and oxygen atoms in total. The van der Waals surface area contributed by atoms with E-state index in [1.165, 1.54) is 25.7 Å². The normalized spacial score (nSPS) is 18.5. The van der Waals surface area contributed by atoms with Gasteiger partial charge in [-0.2, -0.15) is 0 Å². The number of primary amides is 1. The van der Waals surface area contributed by atoms with Gasteiger partial charge in [-0.3, -0.25) is 4.79 Å². The third-order valence-electron chi connectivity index (χ3n) is 4.42.